The second kappa shape index (κ2) is 6.14. The quantitative estimate of drug-likeness (QED) is 0.903. The van der Waals surface area contributed by atoms with E-state index in [1.54, 1.807) is 12.1 Å². The lowest BCUT2D eigenvalue weighted by molar-refractivity contribution is 0.399. The first-order chi connectivity index (χ1) is 9.59. The van der Waals surface area contributed by atoms with Crippen molar-refractivity contribution in [3.05, 3.63) is 65.2 Å². The number of nitrogens with two attached hydrogens (primary N) is 1. The molecule has 2 N–H and O–H groups in total. The first-order valence-electron chi connectivity index (χ1n) is 7.06. The van der Waals surface area contributed by atoms with Gasteiger partial charge in [0.2, 0.25) is 0 Å². The Morgan fingerprint density at radius 3 is 2.45 bits per heavy atom. The molecule has 20 heavy (non-hydrogen) atoms. The Hall–Kier alpha value is -1.74. The van der Waals surface area contributed by atoms with Gasteiger partial charge in [-0.05, 0) is 30.5 Å². The van der Waals surface area contributed by atoms with Crippen molar-refractivity contribution in [3.63, 3.8) is 0 Å². The first kappa shape index (κ1) is 14.7. The van der Waals surface area contributed by atoms with E-state index < -0.39 is 5.54 Å². The van der Waals surface area contributed by atoms with Crippen LogP contribution in [0.4, 0.5) is 4.39 Å². The van der Waals surface area contributed by atoms with E-state index in [4.69, 9.17) is 5.73 Å². The van der Waals surface area contributed by atoms with Crippen LogP contribution in [0, 0.1) is 5.82 Å². The van der Waals surface area contributed by atoms with Gasteiger partial charge in [0.05, 0.1) is 0 Å². The van der Waals surface area contributed by atoms with Gasteiger partial charge in [-0.25, -0.2) is 4.39 Å². The summed E-state index contributed by atoms with van der Waals surface area (Å²) in [6, 6.07) is 10.8. The fourth-order valence-electron chi connectivity index (χ4n) is 2.37. The number of nitrogens with zero attached hydrogens (tertiary/aromatic N) is 1. The third kappa shape index (κ3) is 3.05. The molecule has 0 aliphatic rings. The van der Waals surface area contributed by atoms with E-state index in [0.717, 1.165) is 12.1 Å². The summed E-state index contributed by atoms with van der Waals surface area (Å²) in [6.07, 6.45) is 4.02. The Balaban J connectivity index is 2.29. The monoisotopic (exact) mass is 272 g/mol. The lowest BCUT2D eigenvalue weighted by Crippen LogP contribution is -2.39. The molecule has 0 radical (unpaired) electrons. The van der Waals surface area contributed by atoms with Crippen LogP contribution in [0.3, 0.4) is 0 Å². The molecule has 1 aromatic heterocycles. The van der Waals surface area contributed by atoms with Gasteiger partial charge in [-0.1, -0.05) is 38.1 Å². The maximum atomic E-state index is 14.0. The number of benzene rings is 1. The number of halogens is 1. The van der Waals surface area contributed by atoms with Crippen molar-refractivity contribution in [2.24, 2.45) is 5.73 Å². The second-order valence-electron chi connectivity index (χ2n) is 5.18. The lowest BCUT2D eigenvalue weighted by Gasteiger charge is -2.29. The molecular weight excluding hydrogens is 251 g/mol. The fraction of sp³-hybridized carbons (Fsp3) is 0.353. The topological polar surface area (TPSA) is 38.9 Å². The smallest absolute Gasteiger partial charge is 0.128 e. The number of aryl methyl sites for hydroxylation is 1. The molecule has 0 saturated heterocycles. The van der Waals surface area contributed by atoms with Gasteiger partial charge >= 0.3 is 0 Å². The molecule has 106 valence electrons. The Labute approximate surface area is 119 Å². The number of hydrogen-bond donors (Lipinski definition) is 1. The number of aromatic nitrogens is 1. The molecule has 2 aromatic rings. The average Bonchev–Trinajstić information content (AvgIpc) is 2.48. The zero-order valence-corrected chi connectivity index (χ0v) is 12.1. The Kier molecular flexibility index (Phi) is 4.50. The Bertz CT molecular complexity index is 565. The van der Waals surface area contributed by atoms with Crippen molar-refractivity contribution in [2.45, 2.75) is 38.6 Å². The van der Waals surface area contributed by atoms with E-state index in [1.165, 1.54) is 11.6 Å². The molecule has 0 aliphatic heterocycles. The van der Waals surface area contributed by atoms with Crippen LogP contribution in [0.15, 0.2) is 42.6 Å². The molecular formula is C17H21FN2. The van der Waals surface area contributed by atoms with Gasteiger partial charge in [-0.3, -0.25) is 4.98 Å². The van der Waals surface area contributed by atoms with Gasteiger partial charge in [-0.2, -0.15) is 0 Å². The van der Waals surface area contributed by atoms with Crippen molar-refractivity contribution in [3.8, 4) is 0 Å². The van der Waals surface area contributed by atoms with Gasteiger partial charge in [0.15, 0.2) is 0 Å². The molecule has 0 aliphatic carbocycles. The highest BCUT2D eigenvalue weighted by molar-refractivity contribution is 5.28. The zero-order chi connectivity index (χ0) is 14.6. The standard InChI is InChI=1S/C17H21FN2/c1-3-13-9-10-14(20-12-13)11-17(19,4-2)15-7-5-6-8-16(15)18/h5-10,12H,3-4,11,19H2,1-2H3. The predicted molar refractivity (Wildman–Crippen MR) is 79.9 cm³/mol. The highest BCUT2D eigenvalue weighted by Gasteiger charge is 2.28. The molecule has 0 bridgehead atoms. The summed E-state index contributed by atoms with van der Waals surface area (Å²) in [5.41, 5.74) is 8.38. The molecule has 2 rings (SSSR count). The summed E-state index contributed by atoms with van der Waals surface area (Å²) in [5, 5.41) is 0. The van der Waals surface area contributed by atoms with Crippen molar-refractivity contribution in [2.75, 3.05) is 0 Å². The number of rotatable bonds is 5. The van der Waals surface area contributed by atoms with Gasteiger partial charge in [0.25, 0.3) is 0 Å². The molecule has 3 heteroatoms. The summed E-state index contributed by atoms with van der Waals surface area (Å²) < 4.78 is 14.0. The molecule has 1 atom stereocenters. The van der Waals surface area contributed by atoms with E-state index in [0.29, 0.717) is 18.4 Å². The van der Waals surface area contributed by atoms with Crippen LogP contribution in [0.2, 0.25) is 0 Å². The van der Waals surface area contributed by atoms with Crippen LogP contribution < -0.4 is 5.73 Å². The van der Waals surface area contributed by atoms with Gasteiger partial charge in [-0.15, -0.1) is 0 Å². The zero-order valence-electron chi connectivity index (χ0n) is 12.1. The summed E-state index contributed by atoms with van der Waals surface area (Å²) >= 11 is 0. The van der Waals surface area contributed by atoms with Crippen molar-refractivity contribution in [1.82, 2.24) is 4.98 Å². The molecule has 1 heterocycles. The normalized spacial score (nSPS) is 14.0. The van der Waals surface area contributed by atoms with Crippen molar-refractivity contribution in [1.29, 1.82) is 0 Å². The van der Waals surface area contributed by atoms with Crippen LogP contribution in [0.25, 0.3) is 0 Å². The predicted octanol–water partition coefficient (Wildman–Crippen LogP) is 3.59. The summed E-state index contributed by atoms with van der Waals surface area (Å²) in [7, 11) is 0. The second-order valence-corrected chi connectivity index (χ2v) is 5.18. The summed E-state index contributed by atoms with van der Waals surface area (Å²) in [5.74, 6) is -0.248. The maximum absolute atomic E-state index is 14.0. The third-order valence-corrected chi connectivity index (χ3v) is 3.83. The molecule has 1 aromatic carbocycles. The molecule has 1 unspecified atom stereocenters. The SMILES string of the molecule is CCc1ccc(CC(N)(CC)c2ccccc2F)nc1. The summed E-state index contributed by atoms with van der Waals surface area (Å²) in [6.45, 7) is 4.07. The van der Waals surface area contributed by atoms with Crippen LogP contribution in [-0.2, 0) is 18.4 Å². The summed E-state index contributed by atoms with van der Waals surface area (Å²) in [4.78, 5) is 4.44. The third-order valence-electron chi connectivity index (χ3n) is 3.83. The minimum Gasteiger partial charge on any atom is -0.321 e. The lowest BCUT2D eigenvalue weighted by atomic mass is 9.83. The van der Waals surface area contributed by atoms with Gasteiger partial charge in [0, 0.05) is 29.4 Å². The van der Waals surface area contributed by atoms with E-state index in [9.17, 15) is 4.39 Å². The van der Waals surface area contributed by atoms with Gasteiger partial charge < -0.3 is 5.73 Å². The van der Waals surface area contributed by atoms with E-state index >= 15 is 0 Å². The van der Waals surface area contributed by atoms with E-state index in [1.807, 2.05) is 25.3 Å². The minimum absolute atomic E-state index is 0.248. The van der Waals surface area contributed by atoms with Crippen molar-refractivity contribution >= 4 is 0 Å². The Morgan fingerprint density at radius 1 is 1.15 bits per heavy atom. The molecule has 0 amide bonds. The van der Waals surface area contributed by atoms with E-state index in [-0.39, 0.29) is 5.82 Å². The number of hydrogen-bond acceptors (Lipinski definition) is 2. The van der Waals surface area contributed by atoms with Crippen molar-refractivity contribution < 1.29 is 4.39 Å². The highest BCUT2D eigenvalue weighted by Crippen LogP contribution is 2.28. The van der Waals surface area contributed by atoms with E-state index in [2.05, 4.69) is 18.0 Å². The Morgan fingerprint density at radius 2 is 1.90 bits per heavy atom. The van der Waals surface area contributed by atoms with Gasteiger partial charge in [0.1, 0.15) is 5.82 Å². The first-order valence-corrected chi connectivity index (χ1v) is 7.06. The van der Waals surface area contributed by atoms with Crippen LogP contribution in [0.1, 0.15) is 37.1 Å². The largest absolute Gasteiger partial charge is 0.321 e. The van der Waals surface area contributed by atoms with Crippen LogP contribution >= 0.6 is 0 Å². The molecule has 0 spiro atoms. The highest BCUT2D eigenvalue weighted by atomic mass is 19.1. The van der Waals surface area contributed by atoms with Crippen LogP contribution in [0.5, 0.6) is 0 Å². The minimum atomic E-state index is -0.716. The van der Waals surface area contributed by atoms with Crippen LogP contribution in [-0.4, -0.2) is 4.98 Å². The maximum Gasteiger partial charge on any atom is 0.128 e. The fourth-order valence-corrected chi connectivity index (χ4v) is 2.37. The molecule has 0 fully saturated rings. The number of pyridine rings is 1. The molecule has 2 nitrogen and oxygen atoms in total. The average molecular weight is 272 g/mol. The molecule has 0 saturated carbocycles.